The van der Waals surface area contributed by atoms with Gasteiger partial charge in [0, 0.05) is 6.42 Å². The second-order valence-electron chi connectivity index (χ2n) is 2.68. The molecule has 0 aliphatic carbocycles. The van der Waals surface area contributed by atoms with Crippen LogP contribution in [0.25, 0.3) is 0 Å². The van der Waals surface area contributed by atoms with Gasteiger partial charge in [0.15, 0.2) is 0 Å². The maximum atomic E-state index is 10.8. The van der Waals surface area contributed by atoms with E-state index >= 15 is 0 Å². The van der Waals surface area contributed by atoms with Crippen LogP contribution in [0.3, 0.4) is 0 Å². The Hall–Kier alpha value is -0.700. The number of aliphatic hydroxyl groups excluding tert-OH is 1. The number of hydrogen-bond acceptors (Lipinski definition) is 3. The second-order valence-corrected chi connectivity index (χ2v) is 2.68. The van der Waals surface area contributed by atoms with Crippen LogP contribution in [0.4, 0.5) is 0 Å². The molecular weight excluding hydrogens is 144 g/mol. The molecule has 0 saturated heterocycles. The minimum atomic E-state index is -0.582. The Balaban J connectivity index is 3.60. The Kier molecular flexibility index (Phi) is 4.70. The van der Waals surface area contributed by atoms with E-state index in [2.05, 4.69) is 0 Å². The summed E-state index contributed by atoms with van der Waals surface area (Å²) in [6, 6.07) is 0. The van der Waals surface area contributed by atoms with Crippen molar-refractivity contribution in [1.82, 2.24) is 0 Å². The van der Waals surface area contributed by atoms with Gasteiger partial charge in [0.1, 0.15) is 11.6 Å². The van der Waals surface area contributed by atoms with E-state index in [0.717, 1.165) is 0 Å². The molecule has 3 nitrogen and oxygen atoms in total. The molecule has 64 valence electrons. The number of aliphatic hydroxyl groups is 1. The van der Waals surface area contributed by atoms with Gasteiger partial charge in [-0.25, -0.2) is 0 Å². The molecule has 1 N–H and O–H groups in total. The van der Waals surface area contributed by atoms with Gasteiger partial charge in [-0.1, -0.05) is 6.92 Å². The first kappa shape index (κ1) is 10.3. The summed E-state index contributed by atoms with van der Waals surface area (Å²) in [6.45, 7) is 3.17. The Labute approximate surface area is 66.4 Å². The minimum absolute atomic E-state index is 0.0446. The van der Waals surface area contributed by atoms with E-state index in [1.807, 2.05) is 0 Å². The lowest BCUT2D eigenvalue weighted by Gasteiger charge is -2.04. The Bertz CT molecular complexity index is 151. The van der Waals surface area contributed by atoms with Gasteiger partial charge >= 0.3 is 0 Å². The number of ketones is 2. The zero-order valence-corrected chi connectivity index (χ0v) is 6.96. The molecule has 0 amide bonds. The fraction of sp³-hybridized carbons (Fsp3) is 0.750. The van der Waals surface area contributed by atoms with Crippen LogP contribution in [0.15, 0.2) is 0 Å². The summed E-state index contributed by atoms with van der Waals surface area (Å²) < 4.78 is 0. The number of carbonyl (C=O) groups excluding carboxylic acids is 2. The van der Waals surface area contributed by atoms with E-state index in [1.165, 1.54) is 6.92 Å². The van der Waals surface area contributed by atoms with Gasteiger partial charge in [0.25, 0.3) is 0 Å². The predicted octanol–water partition coefficient (Wildman–Crippen LogP) is 0.696. The standard InChI is InChI=1S/C8H14O3/c1-3-7(10)5-8(11)4-6(2)9/h7,10H,3-5H2,1-2H3/t7-/m0/s1. The molecule has 0 radical (unpaired) electrons. The van der Waals surface area contributed by atoms with E-state index in [-0.39, 0.29) is 24.4 Å². The lowest BCUT2D eigenvalue weighted by atomic mass is 10.1. The molecular formula is C8H14O3. The number of Topliss-reactive ketones (excluding diaryl/α,β-unsaturated/α-hetero) is 2. The molecule has 1 atom stereocenters. The van der Waals surface area contributed by atoms with Crippen molar-refractivity contribution in [3.63, 3.8) is 0 Å². The van der Waals surface area contributed by atoms with Crippen molar-refractivity contribution in [2.45, 2.75) is 39.2 Å². The number of hydrogen-bond donors (Lipinski definition) is 1. The van der Waals surface area contributed by atoms with Crippen molar-refractivity contribution in [2.24, 2.45) is 0 Å². The van der Waals surface area contributed by atoms with Crippen LogP contribution in [0.5, 0.6) is 0 Å². The monoisotopic (exact) mass is 158 g/mol. The first-order valence-corrected chi connectivity index (χ1v) is 3.75. The molecule has 0 aliphatic rings. The van der Waals surface area contributed by atoms with Crippen LogP contribution in [0.1, 0.15) is 33.1 Å². The van der Waals surface area contributed by atoms with Gasteiger partial charge in [-0.05, 0) is 13.3 Å². The van der Waals surface area contributed by atoms with Gasteiger partial charge < -0.3 is 5.11 Å². The van der Waals surface area contributed by atoms with Crippen molar-refractivity contribution < 1.29 is 14.7 Å². The van der Waals surface area contributed by atoms with Crippen molar-refractivity contribution in [2.75, 3.05) is 0 Å². The third-order valence-corrected chi connectivity index (χ3v) is 1.38. The van der Waals surface area contributed by atoms with Crippen LogP contribution in [-0.4, -0.2) is 22.8 Å². The number of carbonyl (C=O) groups is 2. The Morgan fingerprint density at radius 1 is 1.45 bits per heavy atom. The Morgan fingerprint density at radius 2 is 2.00 bits per heavy atom. The average molecular weight is 158 g/mol. The molecule has 0 unspecified atom stereocenters. The highest BCUT2D eigenvalue weighted by Crippen LogP contribution is 2.00. The summed E-state index contributed by atoms with van der Waals surface area (Å²) in [7, 11) is 0. The van der Waals surface area contributed by atoms with E-state index in [9.17, 15) is 9.59 Å². The molecule has 0 spiro atoms. The smallest absolute Gasteiger partial charge is 0.142 e. The minimum Gasteiger partial charge on any atom is -0.393 e. The van der Waals surface area contributed by atoms with Crippen LogP contribution in [-0.2, 0) is 9.59 Å². The summed E-state index contributed by atoms with van der Waals surface area (Å²) in [6.07, 6.45) is 0.0402. The topological polar surface area (TPSA) is 54.4 Å². The van der Waals surface area contributed by atoms with Gasteiger partial charge in [-0.3, -0.25) is 9.59 Å². The van der Waals surface area contributed by atoms with Crippen LogP contribution < -0.4 is 0 Å². The van der Waals surface area contributed by atoms with E-state index in [1.54, 1.807) is 6.92 Å². The molecule has 3 heteroatoms. The lowest BCUT2D eigenvalue weighted by molar-refractivity contribution is -0.127. The first-order chi connectivity index (χ1) is 5.06. The molecule has 0 bridgehead atoms. The van der Waals surface area contributed by atoms with Crippen molar-refractivity contribution in [1.29, 1.82) is 0 Å². The third kappa shape index (κ3) is 5.73. The fourth-order valence-corrected chi connectivity index (χ4v) is 0.757. The maximum Gasteiger partial charge on any atom is 0.142 e. The molecule has 0 aliphatic heterocycles. The lowest BCUT2D eigenvalue weighted by Crippen LogP contribution is -2.14. The maximum absolute atomic E-state index is 10.8. The average Bonchev–Trinajstić information content (AvgIpc) is 1.85. The van der Waals surface area contributed by atoms with Crippen LogP contribution in [0.2, 0.25) is 0 Å². The van der Waals surface area contributed by atoms with Gasteiger partial charge in [0.2, 0.25) is 0 Å². The summed E-state index contributed by atoms with van der Waals surface area (Å²) >= 11 is 0. The molecule has 0 aromatic heterocycles. The predicted molar refractivity (Wildman–Crippen MR) is 41.2 cm³/mol. The summed E-state index contributed by atoms with van der Waals surface area (Å²) in [4.78, 5) is 21.3. The zero-order chi connectivity index (χ0) is 8.85. The Morgan fingerprint density at radius 3 is 2.36 bits per heavy atom. The highest BCUT2D eigenvalue weighted by atomic mass is 16.3. The SMILES string of the molecule is CC[C@H](O)CC(=O)CC(C)=O. The molecule has 0 fully saturated rings. The van der Waals surface area contributed by atoms with Crippen molar-refractivity contribution in [3.05, 3.63) is 0 Å². The van der Waals surface area contributed by atoms with E-state index in [0.29, 0.717) is 6.42 Å². The first-order valence-electron chi connectivity index (χ1n) is 3.75. The largest absolute Gasteiger partial charge is 0.393 e. The third-order valence-electron chi connectivity index (χ3n) is 1.38. The summed E-state index contributed by atoms with van der Waals surface area (Å²) in [5, 5.41) is 9.01. The zero-order valence-electron chi connectivity index (χ0n) is 6.96. The van der Waals surface area contributed by atoms with Crippen LogP contribution in [0, 0.1) is 0 Å². The van der Waals surface area contributed by atoms with Gasteiger partial charge in [-0.15, -0.1) is 0 Å². The molecule has 11 heavy (non-hydrogen) atoms. The van der Waals surface area contributed by atoms with Crippen molar-refractivity contribution >= 4 is 11.6 Å². The highest BCUT2D eigenvalue weighted by molar-refractivity contribution is 5.98. The summed E-state index contributed by atoms with van der Waals surface area (Å²) in [5.41, 5.74) is 0. The van der Waals surface area contributed by atoms with Crippen molar-refractivity contribution in [3.8, 4) is 0 Å². The molecule has 0 saturated carbocycles. The normalized spacial score (nSPS) is 12.6. The number of rotatable bonds is 5. The van der Waals surface area contributed by atoms with E-state index in [4.69, 9.17) is 5.11 Å². The van der Waals surface area contributed by atoms with Gasteiger partial charge in [-0.2, -0.15) is 0 Å². The molecule has 0 aromatic carbocycles. The van der Waals surface area contributed by atoms with E-state index < -0.39 is 6.10 Å². The molecule has 0 aromatic rings. The molecule has 0 rings (SSSR count). The highest BCUT2D eigenvalue weighted by Gasteiger charge is 2.10. The molecule has 0 heterocycles. The quantitative estimate of drug-likeness (QED) is 0.599. The fourth-order valence-electron chi connectivity index (χ4n) is 0.757. The van der Waals surface area contributed by atoms with Gasteiger partial charge in [0.05, 0.1) is 12.5 Å². The summed E-state index contributed by atoms with van der Waals surface area (Å²) in [5.74, 6) is -0.315. The second kappa shape index (κ2) is 5.02. The van der Waals surface area contributed by atoms with Crippen LogP contribution >= 0.6 is 0 Å².